The molecule has 1 heterocycles. The minimum absolute atomic E-state index is 0.0692. The minimum atomic E-state index is -0.781. The molecule has 0 saturated heterocycles. The number of carbonyl (C=O) groups excluding carboxylic acids is 2. The molecule has 3 rings (SSSR count). The van der Waals surface area contributed by atoms with Gasteiger partial charge in [-0.05, 0) is 18.2 Å². The summed E-state index contributed by atoms with van der Waals surface area (Å²) in [6.45, 7) is 0. The summed E-state index contributed by atoms with van der Waals surface area (Å²) in [6, 6.07) is 10.1. The number of ether oxygens (including phenoxy) is 1. The third-order valence-electron chi connectivity index (χ3n) is 3.34. The molecule has 1 aromatic heterocycles. The number of non-ortho nitro benzene ring substituents is 1. The van der Waals surface area contributed by atoms with Crippen molar-refractivity contribution in [1.29, 1.82) is 0 Å². The number of nitro benzene ring substituents is 1. The van der Waals surface area contributed by atoms with Crippen LogP contribution in [-0.2, 0) is 4.74 Å². The van der Waals surface area contributed by atoms with Crippen LogP contribution < -0.4 is 0 Å². The number of para-hydroxylation sites is 1. The zero-order chi connectivity index (χ0) is 17.3. The lowest BCUT2D eigenvalue weighted by molar-refractivity contribution is -0.384. The first-order chi connectivity index (χ1) is 11.5. The van der Waals surface area contributed by atoms with E-state index in [0.717, 1.165) is 23.9 Å². The zero-order valence-electron chi connectivity index (χ0n) is 12.4. The number of hydrogen-bond donors (Lipinski definition) is 0. The van der Waals surface area contributed by atoms with Gasteiger partial charge < -0.3 is 4.74 Å². The van der Waals surface area contributed by atoms with Gasteiger partial charge in [-0.1, -0.05) is 17.3 Å². The van der Waals surface area contributed by atoms with Gasteiger partial charge in [0.2, 0.25) is 0 Å². The molecule has 2 aromatic carbocycles. The Morgan fingerprint density at radius 1 is 1.17 bits per heavy atom. The van der Waals surface area contributed by atoms with Crippen LogP contribution in [0, 0.1) is 10.1 Å². The fourth-order valence-corrected chi connectivity index (χ4v) is 2.22. The van der Waals surface area contributed by atoms with Crippen LogP contribution in [0.25, 0.3) is 11.0 Å². The van der Waals surface area contributed by atoms with Gasteiger partial charge in [0.05, 0.1) is 23.1 Å². The molecule has 0 amide bonds. The number of carbonyl (C=O) groups is 2. The van der Waals surface area contributed by atoms with Gasteiger partial charge in [-0.25, -0.2) is 4.79 Å². The molecule has 9 heteroatoms. The van der Waals surface area contributed by atoms with E-state index in [1.807, 2.05) is 0 Å². The Hall–Kier alpha value is -3.62. The molecule has 0 aliphatic heterocycles. The Kier molecular flexibility index (Phi) is 3.74. The largest absolute Gasteiger partial charge is 0.465 e. The molecule has 0 N–H and O–H groups in total. The van der Waals surface area contributed by atoms with Crippen molar-refractivity contribution in [2.45, 2.75) is 0 Å². The lowest BCUT2D eigenvalue weighted by atomic mass is 10.1. The summed E-state index contributed by atoms with van der Waals surface area (Å²) in [7, 11) is 1.15. The Morgan fingerprint density at radius 2 is 1.88 bits per heavy atom. The molecule has 0 bridgehead atoms. The average molecular weight is 326 g/mol. The van der Waals surface area contributed by atoms with Gasteiger partial charge in [-0.3, -0.25) is 14.9 Å². The number of nitrogens with zero attached hydrogens (tertiary/aromatic N) is 4. The first-order valence-corrected chi connectivity index (χ1v) is 6.74. The van der Waals surface area contributed by atoms with Gasteiger partial charge in [0.1, 0.15) is 5.52 Å². The van der Waals surface area contributed by atoms with E-state index in [1.54, 1.807) is 24.3 Å². The van der Waals surface area contributed by atoms with E-state index in [1.165, 1.54) is 6.07 Å². The summed E-state index contributed by atoms with van der Waals surface area (Å²) >= 11 is 0. The quantitative estimate of drug-likeness (QED) is 0.409. The van der Waals surface area contributed by atoms with Crippen LogP contribution in [0.2, 0.25) is 0 Å². The molecular formula is C15H10N4O5. The van der Waals surface area contributed by atoms with E-state index < -0.39 is 22.5 Å². The highest BCUT2D eigenvalue weighted by Gasteiger charge is 2.21. The van der Waals surface area contributed by atoms with Crippen LogP contribution >= 0.6 is 0 Å². The first-order valence-electron chi connectivity index (χ1n) is 6.74. The number of benzene rings is 2. The molecule has 0 fully saturated rings. The number of aromatic nitrogens is 3. The predicted molar refractivity (Wildman–Crippen MR) is 81.7 cm³/mol. The van der Waals surface area contributed by atoms with E-state index in [-0.39, 0.29) is 11.1 Å². The van der Waals surface area contributed by atoms with Crippen LogP contribution in [0.3, 0.4) is 0 Å². The van der Waals surface area contributed by atoms with E-state index in [2.05, 4.69) is 15.0 Å². The topological polar surface area (TPSA) is 117 Å². The average Bonchev–Trinajstić information content (AvgIpc) is 3.04. The highest BCUT2D eigenvalue weighted by atomic mass is 16.6. The Labute approximate surface area is 134 Å². The highest BCUT2D eigenvalue weighted by Crippen LogP contribution is 2.20. The number of nitro groups is 1. The van der Waals surface area contributed by atoms with Crippen LogP contribution in [0.4, 0.5) is 5.69 Å². The maximum Gasteiger partial charge on any atom is 0.338 e. The number of methoxy groups -OCH3 is 1. The van der Waals surface area contributed by atoms with Crippen LogP contribution in [0.15, 0.2) is 42.5 Å². The van der Waals surface area contributed by atoms with Crippen LogP contribution in [0.1, 0.15) is 20.7 Å². The van der Waals surface area contributed by atoms with Gasteiger partial charge in [-0.2, -0.15) is 4.68 Å². The van der Waals surface area contributed by atoms with E-state index >= 15 is 0 Å². The van der Waals surface area contributed by atoms with E-state index in [4.69, 9.17) is 0 Å². The molecule has 9 nitrogen and oxygen atoms in total. The molecule has 0 atom stereocenters. The summed E-state index contributed by atoms with van der Waals surface area (Å²) in [5.41, 5.74) is 0.392. The normalized spacial score (nSPS) is 10.5. The van der Waals surface area contributed by atoms with E-state index in [0.29, 0.717) is 11.0 Å². The summed E-state index contributed by atoms with van der Waals surface area (Å²) < 4.78 is 5.58. The second-order valence-electron chi connectivity index (χ2n) is 4.81. The Bertz CT molecular complexity index is 979. The zero-order valence-corrected chi connectivity index (χ0v) is 12.4. The predicted octanol–water partition coefficient (Wildman–Crippen LogP) is 1.81. The van der Waals surface area contributed by atoms with Crippen molar-refractivity contribution in [1.82, 2.24) is 15.0 Å². The lowest BCUT2D eigenvalue weighted by Gasteiger charge is -2.05. The second-order valence-corrected chi connectivity index (χ2v) is 4.81. The molecule has 0 spiro atoms. The maximum absolute atomic E-state index is 12.6. The van der Waals surface area contributed by atoms with Gasteiger partial charge in [-0.15, -0.1) is 5.10 Å². The summed E-state index contributed by atoms with van der Waals surface area (Å²) in [5, 5.41) is 18.7. The number of esters is 1. The molecule has 0 aliphatic carbocycles. The summed E-state index contributed by atoms with van der Waals surface area (Å²) in [5.74, 6) is -1.42. The lowest BCUT2D eigenvalue weighted by Crippen LogP contribution is -2.15. The van der Waals surface area contributed by atoms with Crippen molar-refractivity contribution < 1.29 is 19.2 Å². The highest BCUT2D eigenvalue weighted by molar-refractivity contribution is 6.02. The van der Waals surface area contributed by atoms with Crippen LogP contribution in [0.5, 0.6) is 0 Å². The monoisotopic (exact) mass is 326 g/mol. The fourth-order valence-electron chi connectivity index (χ4n) is 2.22. The van der Waals surface area contributed by atoms with Crippen molar-refractivity contribution in [3.63, 3.8) is 0 Å². The standard InChI is InChI=1S/C15H10N4O5/c1-24-15(21)10-6-9(7-11(8-10)19(22)23)14(20)18-13-5-3-2-4-12(13)16-17-18/h2-8H,1H3. The van der Waals surface area contributed by atoms with Crippen molar-refractivity contribution in [2.24, 2.45) is 0 Å². The van der Waals surface area contributed by atoms with Gasteiger partial charge >= 0.3 is 5.97 Å². The number of fused-ring (bicyclic) bond motifs is 1. The molecule has 0 aliphatic rings. The number of rotatable bonds is 3. The first kappa shape index (κ1) is 15.3. The third-order valence-corrected chi connectivity index (χ3v) is 3.34. The molecule has 0 saturated carbocycles. The SMILES string of the molecule is COC(=O)c1cc(C(=O)n2nnc3ccccc32)cc([N+](=O)[O-])c1. The Morgan fingerprint density at radius 3 is 2.58 bits per heavy atom. The molecule has 0 unspecified atom stereocenters. The molecule has 120 valence electrons. The Balaban J connectivity index is 2.14. The van der Waals surface area contributed by atoms with Crippen molar-refractivity contribution in [3.8, 4) is 0 Å². The molecular weight excluding hydrogens is 316 g/mol. The summed E-state index contributed by atoms with van der Waals surface area (Å²) in [6.07, 6.45) is 0. The van der Waals surface area contributed by atoms with Crippen LogP contribution in [-0.4, -0.2) is 38.9 Å². The maximum atomic E-state index is 12.6. The second kappa shape index (κ2) is 5.88. The van der Waals surface area contributed by atoms with Crippen molar-refractivity contribution in [2.75, 3.05) is 7.11 Å². The minimum Gasteiger partial charge on any atom is -0.465 e. The van der Waals surface area contributed by atoms with E-state index in [9.17, 15) is 19.7 Å². The summed E-state index contributed by atoms with van der Waals surface area (Å²) in [4.78, 5) is 34.7. The van der Waals surface area contributed by atoms with Gasteiger partial charge in [0, 0.05) is 17.7 Å². The smallest absolute Gasteiger partial charge is 0.338 e. The fraction of sp³-hybridized carbons (Fsp3) is 0.0667. The van der Waals surface area contributed by atoms with Gasteiger partial charge in [0.15, 0.2) is 0 Å². The van der Waals surface area contributed by atoms with Crippen molar-refractivity contribution >= 4 is 28.6 Å². The third kappa shape index (κ3) is 2.58. The van der Waals surface area contributed by atoms with Crippen molar-refractivity contribution in [3.05, 3.63) is 63.7 Å². The molecule has 0 radical (unpaired) electrons. The molecule has 24 heavy (non-hydrogen) atoms. The number of hydrogen-bond acceptors (Lipinski definition) is 7. The van der Waals surface area contributed by atoms with Gasteiger partial charge in [0.25, 0.3) is 11.6 Å². The molecule has 3 aromatic rings.